The van der Waals surface area contributed by atoms with Crippen molar-refractivity contribution >= 4 is 5.82 Å². The molecule has 18 heavy (non-hydrogen) atoms. The molecular weight excluding hydrogens is 226 g/mol. The highest BCUT2D eigenvalue weighted by Gasteiger charge is 2.30. The molecule has 0 aliphatic carbocycles. The molecule has 1 fully saturated rings. The second-order valence-electron chi connectivity index (χ2n) is 5.45. The van der Waals surface area contributed by atoms with Crippen molar-refractivity contribution in [2.24, 2.45) is 0 Å². The number of aromatic nitrogens is 1. The molecule has 2 atom stereocenters. The Bertz CT molecular complexity index is 406. The minimum Gasteiger partial charge on any atom is -0.388 e. The molecule has 0 amide bonds. The van der Waals surface area contributed by atoms with Gasteiger partial charge in [0.15, 0.2) is 0 Å². The highest BCUT2D eigenvalue weighted by molar-refractivity contribution is 5.49. The first-order valence-electron chi connectivity index (χ1n) is 6.63. The molecule has 2 N–H and O–H groups in total. The van der Waals surface area contributed by atoms with E-state index < -0.39 is 5.60 Å². The fourth-order valence-corrected chi connectivity index (χ4v) is 2.57. The zero-order valence-corrected chi connectivity index (χ0v) is 11.5. The smallest absolute Gasteiger partial charge is 0.133 e. The van der Waals surface area contributed by atoms with Crippen molar-refractivity contribution in [1.82, 2.24) is 10.3 Å². The molecule has 1 aliphatic heterocycles. The van der Waals surface area contributed by atoms with Crippen LogP contribution in [0.3, 0.4) is 0 Å². The van der Waals surface area contributed by atoms with Crippen molar-refractivity contribution in [3.05, 3.63) is 23.9 Å². The second kappa shape index (κ2) is 5.24. The Balaban J connectivity index is 2.27. The van der Waals surface area contributed by atoms with Crippen LogP contribution in [0.2, 0.25) is 0 Å². The van der Waals surface area contributed by atoms with Crippen molar-refractivity contribution in [3.8, 4) is 0 Å². The average Bonchev–Trinajstić information content (AvgIpc) is 2.36. The Labute approximate surface area is 109 Å². The van der Waals surface area contributed by atoms with Gasteiger partial charge in [-0.1, -0.05) is 6.07 Å². The number of nitrogens with one attached hydrogen (secondary N) is 1. The first-order valence-corrected chi connectivity index (χ1v) is 6.63. The first-order chi connectivity index (χ1) is 8.53. The molecular formula is C14H23N3O. The van der Waals surface area contributed by atoms with Crippen LogP contribution in [0.25, 0.3) is 0 Å². The van der Waals surface area contributed by atoms with Crippen molar-refractivity contribution < 1.29 is 5.11 Å². The van der Waals surface area contributed by atoms with Crippen LogP contribution in [0.4, 0.5) is 5.82 Å². The van der Waals surface area contributed by atoms with Crippen LogP contribution in [0.5, 0.6) is 0 Å². The fourth-order valence-electron chi connectivity index (χ4n) is 2.57. The summed E-state index contributed by atoms with van der Waals surface area (Å²) in [5, 5.41) is 13.5. The molecule has 1 aliphatic rings. The molecule has 1 aromatic heterocycles. The predicted octanol–water partition coefficient (Wildman–Crippen LogP) is 1.71. The summed E-state index contributed by atoms with van der Waals surface area (Å²) in [4.78, 5) is 6.71. The van der Waals surface area contributed by atoms with Gasteiger partial charge in [0.25, 0.3) is 0 Å². The maximum absolute atomic E-state index is 10.2. The predicted molar refractivity (Wildman–Crippen MR) is 73.8 cm³/mol. The van der Waals surface area contributed by atoms with Gasteiger partial charge in [0.05, 0.1) is 5.60 Å². The maximum Gasteiger partial charge on any atom is 0.133 e. The van der Waals surface area contributed by atoms with Crippen LogP contribution in [0.15, 0.2) is 18.3 Å². The fraction of sp³-hybridized carbons (Fsp3) is 0.643. The number of aliphatic hydroxyl groups is 1. The van der Waals surface area contributed by atoms with E-state index in [1.54, 1.807) is 0 Å². The molecule has 0 saturated carbocycles. The van der Waals surface area contributed by atoms with E-state index in [2.05, 4.69) is 28.2 Å². The number of β-amino-alcohol motifs (C(OH)–C–C–N with tert-alkyl or cyclic N) is 1. The number of hydrogen-bond acceptors (Lipinski definition) is 4. The molecule has 0 bridgehead atoms. The van der Waals surface area contributed by atoms with Crippen LogP contribution in [-0.2, 0) is 0 Å². The third-order valence-corrected chi connectivity index (χ3v) is 3.69. The molecule has 100 valence electrons. The van der Waals surface area contributed by atoms with Gasteiger partial charge >= 0.3 is 0 Å². The van der Waals surface area contributed by atoms with E-state index in [9.17, 15) is 5.11 Å². The molecule has 0 spiro atoms. The lowest BCUT2D eigenvalue weighted by Crippen LogP contribution is -2.47. The Morgan fingerprint density at radius 1 is 1.56 bits per heavy atom. The van der Waals surface area contributed by atoms with Gasteiger partial charge in [-0.3, -0.25) is 0 Å². The zero-order chi connectivity index (χ0) is 13.2. The van der Waals surface area contributed by atoms with Gasteiger partial charge in [0, 0.05) is 30.9 Å². The van der Waals surface area contributed by atoms with E-state index in [-0.39, 0.29) is 6.04 Å². The van der Waals surface area contributed by atoms with E-state index in [1.807, 2.05) is 26.2 Å². The van der Waals surface area contributed by atoms with E-state index >= 15 is 0 Å². The van der Waals surface area contributed by atoms with Gasteiger partial charge in [-0.2, -0.15) is 0 Å². The summed E-state index contributed by atoms with van der Waals surface area (Å²) < 4.78 is 0. The molecule has 2 heterocycles. The van der Waals surface area contributed by atoms with Gasteiger partial charge in [0.1, 0.15) is 5.82 Å². The van der Waals surface area contributed by atoms with Crippen molar-refractivity contribution in [3.63, 3.8) is 0 Å². The van der Waals surface area contributed by atoms with Gasteiger partial charge in [-0.15, -0.1) is 0 Å². The number of hydrogen-bond donors (Lipinski definition) is 2. The van der Waals surface area contributed by atoms with E-state index in [1.165, 1.54) is 5.56 Å². The monoisotopic (exact) mass is 249 g/mol. The van der Waals surface area contributed by atoms with Crippen LogP contribution in [0, 0.1) is 0 Å². The molecule has 2 rings (SSSR count). The summed E-state index contributed by atoms with van der Waals surface area (Å²) in [6.07, 6.45) is 3.70. The van der Waals surface area contributed by atoms with Gasteiger partial charge < -0.3 is 15.3 Å². The minimum absolute atomic E-state index is 0.264. The highest BCUT2D eigenvalue weighted by atomic mass is 16.3. The maximum atomic E-state index is 10.2. The molecule has 1 saturated heterocycles. The summed E-state index contributed by atoms with van der Waals surface area (Å²) in [7, 11) is 1.95. The lowest BCUT2D eigenvalue weighted by molar-refractivity contribution is 0.0446. The van der Waals surface area contributed by atoms with Crippen LogP contribution >= 0.6 is 0 Å². The summed E-state index contributed by atoms with van der Waals surface area (Å²) >= 11 is 0. The first kappa shape index (κ1) is 13.3. The third-order valence-electron chi connectivity index (χ3n) is 3.69. The third kappa shape index (κ3) is 2.82. The number of piperidine rings is 1. The minimum atomic E-state index is -0.601. The Morgan fingerprint density at radius 3 is 3.00 bits per heavy atom. The van der Waals surface area contributed by atoms with E-state index in [4.69, 9.17) is 0 Å². The van der Waals surface area contributed by atoms with Gasteiger partial charge in [0.2, 0.25) is 0 Å². The molecule has 0 aromatic carbocycles. The van der Waals surface area contributed by atoms with Gasteiger partial charge in [-0.05, 0) is 39.8 Å². The molecule has 2 unspecified atom stereocenters. The Kier molecular flexibility index (Phi) is 3.88. The van der Waals surface area contributed by atoms with Crippen LogP contribution in [0.1, 0.15) is 38.3 Å². The van der Waals surface area contributed by atoms with Crippen molar-refractivity contribution in [2.45, 2.75) is 38.3 Å². The quantitative estimate of drug-likeness (QED) is 0.856. The van der Waals surface area contributed by atoms with Gasteiger partial charge in [-0.25, -0.2) is 4.98 Å². The standard InChI is InChI=1S/C14H23N3O/c1-11(15-3)12-6-4-8-16-13(12)17-9-5-7-14(2,18)10-17/h4,6,8,11,15,18H,5,7,9-10H2,1-3H3. The SMILES string of the molecule is CNC(C)c1cccnc1N1CCCC(C)(O)C1. The lowest BCUT2D eigenvalue weighted by atomic mass is 9.94. The van der Waals surface area contributed by atoms with Crippen LogP contribution in [-0.4, -0.2) is 35.8 Å². The average molecular weight is 249 g/mol. The topological polar surface area (TPSA) is 48.4 Å². The summed E-state index contributed by atoms with van der Waals surface area (Å²) in [5.41, 5.74) is 0.591. The number of rotatable bonds is 3. The number of anilines is 1. The number of pyridine rings is 1. The second-order valence-corrected chi connectivity index (χ2v) is 5.45. The van der Waals surface area contributed by atoms with Crippen molar-refractivity contribution in [1.29, 1.82) is 0 Å². The molecule has 4 heteroatoms. The Hall–Kier alpha value is -1.13. The summed E-state index contributed by atoms with van der Waals surface area (Å²) in [6, 6.07) is 4.34. The molecule has 0 radical (unpaired) electrons. The normalized spacial score (nSPS) is 26.1. The van der Waals surface area contributed by atoms with E-state index in [0.29, 0.717) is 6.54 Å². The highest BCUT2D eigenvalue weighted by Crippen LogP contribution is 2.29. The Morgan fingerprint density at radius 2 is 2.33 bits per heavy atom. The number of nitrogens with zero attached hydrogens (tertiary/aromatic N) is 2. The largest absolute Gasteiger partial charge is 0.388 e. The lowest BCUT2D eigenvalue weighted by Gasteiger charge is -2.38. The molecule has 4 nitrogen and oxygen atoms in total. The molecule has 1 aromatic rings. The summed E-state index contributed by atoms with van der Waals surface area (Å²) in [6.45, 7) is 5.66. The summed E-state index contributed by atoms with van der Waals surface area (Å²) in [5.74, 6) is 0.999. The zero-order valence-electron chi connectivity index (χ0n) is 11.5. The van der Waals surface area contributed by atoms with E-state index in [0.717, 1.165) is 25.2 Å². The van der Waals surface area contributed by atoms with Crippen molar-refractivity contribution in [2.75, 3.05) is 25.0 Å². The van der Waals surface area contributed by atoms with Crippen LogP contribution < -0.4 is 10.2 Å².